The topological polar surface area (TPSA) is 52.5 Å². The van der Waals surface area contributed by atoms with Crippen LogP contribution in [0.1, 0.15) is 109 Å². The molecule has 0 bridgehead atoms. The number of aliphatic hydroxyl groups is 2. The summed E-state index contributed by atoms with van der Waals surface area (Å²) < 4.78 is 74.7. The fourth-order valence-electron chi connectivity index (χ4n) is 2.15. The quantitative estimate of drug-likeness (QED) is 0.265. The molecule has 0 rings (SSSR count). The monoisotopic (exact) mass is 605 g/mol. The van der Waals surface area contributed by atoms with Crippen molar-refractivity contribution >= 4 is 17.0 Å². The van der Waals surface area contributed by atoms with E-state index in [1.807, 2.05) is 83.3 Å². The fraction of sp³-hybridized carbons (Fsp3) is 1.00. The van der Waals surface area contributed by atoms with E-state index in [-0.39, 0.29) is 51.5 Å². The highest BCUT2D eigenvalue weighted by molar-refractivity contribution is 8.93. The summed E-state index contributed by atoms with van der Waals surface area (Å²) in [4.78, 5) is 0. The SMILES string of the molecule is Br.CC(C)(C)C(C)(C)CCC(C)(O)C(F)(F)F.CC(C)(C)C(C)(C)CCC(C)(O)C(F)(F)F.CNC. The van der Waals surface area contributed by atoms with E-state index in [0.29, 0.717) is 12.8 Å². The van der Waals surface area contributed by atoms with Gasteiger partial charge in [-0.3, -0.25) is 0 Å². The third-order valence-corrected chi connectivity index (χ3v) is 7.76. The van der Waals surface area contributed by atoms with E-state index in [0.717, 1.165) is 13.8 Å². The van der Waals surface area contributed by atoms with Crippen LogP contribution in [0.25, 0.3) is 0 Å². The standard InChI is InChI=1S/2C12H23F3O.C2H7N.BrH/c2*1-9(2,3)10(4,5)7-8-11(6,16)12(13,14)15;1-3-2;/h2*16H,7-8H2,1-6H3;3H,1-2H3;1H. The number of nitrogens with one attached hydrogen (secondary N) is 1. The molecule has 3 N–H and O–H groups in total. The van der Waals surface area contributed by atoms with Crippen LogP contribution in [0, 0.1) is 21.7 Å². The number of hydrogen-bond acceptors (Lipinski definition) is 3. The smallest absolute Gasteiger partial charge is 0.381 e. The number of rotatable bonds is 6. The van der Waals surface area contributed by atoms with Crippen molar-refractivity contribution in [3.63, 3.8) is 0 Å². The molecular formula is C26H54BrF6NO2. The molecule has 0 spiro atoms. The van der Waals surface area contributed by atoms with Crippen LogP contribution in [-0.2, 0) is 0 Å². The summed E-state index contributed by atoms with van der Waals surface area (Å²) in [6.45, 7) is 21.4. The molecule has 3 nitrogen and oxygen atoms in total. The van der Waals surface area contributed by atoms with Crippen molar-refractivity contribution in [2.45, 2.75) is 132 Å². The first-order valence-electron chi connectivity index (χ1n) is 12.0. The van der Waals surface area contributed by atoms with Gasteiger partial charge >= 0.3 is 12.4 Å². The second kappa shape index (κ2) is 14.4. The number of hydrogen-bond donors (Lipinski definition) is 3. The van der Waals surface area contributed by atoms with Gasteiger partial charge in [-0.15, -0.1) is 17.0 Å². The van der Waals surface area contributed by atoms with E-state index in [9.17, 15) is 36.6 Å². The maximum atomic E-state index is 12.5. The van der Waals surface area contributed by atoms with Crippen LogP contribution in [0.3, 0.4) is 0 Å². The first kappa shape index (κ1) is 43.0. The highest BCUT2D eigenvalue weighted by atomic mass is 79.9. The highest BCUT2D eigenvalue weighted by Gasteiger charge is 2.51. The Balaban J connectivity index is -0.000000250. The lowest BCUT2D eigenvalue weighted by Gasteiger charge is -2.41. The fourth-order valence-corrected chi connectivity index (χ4v) is 2.15. The van der Waals surface area contributed by atoms with Crippen molar-refractivity contribution in [2.75, 3.05) is 14.1 Å². The zero-order valence-corrected chi connectivity index (χ0v) is 26.6. The van der Waals surface area contributed by atoms with Crippen LogP contribution in [-0.4, -0.2) is 47.9 Å². The molecular weight excluding hydrogens is 552 g/mol. The molecule has 224 valence electrons. The Morgan fingerprint density at radius 1 is 0.472 bits per heavy atom. The van der Waals surface area contributed by atoms with E-state index in [2.05, 4.69) is 5.32 Å². The van der Waals surface area contributed by atoms with Gasteiger partial charge in [-0.25, -0.2) is 0 Å². The van der Waals surface area contributed by atoms with Crippen LogP contribution in [0.15, 0.2) is 0 Å². The minimum absolute atomic E-state index is 0. The molecule has 0 saturated carbocycles. The lowest BCUT2D eigenvalue weighted by Crippen LogP contribution is -2.43. The molecule has 36 heavy (non-hydrogen) atoms. The van der Waals surface area contributed by atoms with Gasteiger partial charge in [-0.1, -0.05) is 69.2 Å². The van der Waals surface area contributed by atoms with Crippen molar-refractivity contribution in [2.24, 2.45) is 21.7 Å². The molecule has 0 fully saturated rings. The average Bonchev–Trinajstić information content (AvgIpc) is 2.56. The molecule has 0 radical (unpaired) electrons. The maximum Gasteiger partial charge on any atom is 0.416 e. The highest BCUT2D eigenvalue weighted by Crippen LogP contribution is 2.46. The van der Waals surface area contributed by atoms with Gasteiger partial charge in [0.15, 0.2) is 11.2 Å². The molecule has 0 saturated heterocycles. The van der Waals surface area contributed by atoms with Crippen molar-refractivity contribution in [3.8, 4) is 0 Å². The van der Waals surface area contributed by atoms with Crippen LogP contribution in [0.2, 0.25) is 0 Å². The van der Waals surface area contributed by atoms with E-state index in [4.69, 9.17) is 0 Å². The zero-order chi connectivity index (χ0) is 29.5. The first-order chi connectivity index (χ1) is 14.8. The predicted molar refractivity (Wildman–Crippen MR) is 144 cm³/mol. The summed E-state index contributed by atoms with van der Waals surface area (Å²) >= 11 is 0. The van der Waals surface area contributed by atoms with Crippen molar-refractivity contribution in [3.05, 3.63) is 0 Å². The number of alkyl halides is 6. The largest absolute Gasteiger partial charge is 0.416 e. The molecule has 2 atom stereocenters. The van der Waals surface area contributed by atoms with Crippen molar-refractivity contribution in [1.29, 1.82) is 0 Å². The van der Waals surface area contributed by atoms with E-state index in [1.165, 1.54) is 0 Å². The molecule has 0 aromatic rings. The molecule has 0 aromatic heterocycles. The normalized spacial score (nSPS) is 16.8. The van der Waals surface area contributed by atoms with Crippen LogP contribution in [0.4, 0.5) is 26.3 Å². The predicted octanol–water partition coefficient (Wildman–Crippen LogP) is 8.72. The Morgan fingerprint density at radius 3 is 0.750 bits per heavy atom. The van der Waals surface area contributed by atoms with Crippen LogP contribution < -0.4 is 5.32 Å². The second-order valence-electron chi connectivity index (χ2n) is 13.3. The molecule has 0 aliphatic carbocycles. The molecule has 0 aliphatic heterocycles. The van der Waals surface area contributed by atoms with Gasteiger partial charge in [-0.2, -0.15) is 26.3 Å². The van der Waals surface area contributed by atoms with Gasteiger partial charge in [0.05, 0.1) is 0 Å². The lowest BCUT2D eigenvalue weighted by molar-refractivity contribution is -0.257. The minimum Gasteiger partial charge on any atom is -0.381 e. The Morgan fingerprint density at radius 2 is 0.639 bits per heavy atom. The van der Waals surface area contributed by atoms with E-state index in [1.54, 1.807) is 0 Å². The summed E-state index contributed by atoms with van der Waals surface area (Å²) in [5.74, 6) is 0. The Kier molecular flexibility index (Phi) is 17.2. The summed E-state index contributed by atoms with van der Waals surface area (Å²) in [6.07, 6.45) is -8.96. The van der Waals surface area contributed by atoms with E-state index < -0.39 is 23.6 Å². The lowest BCUT2D eigenvalue weighted by atomic mass is 9.66. The Bertz CT molecular complexity index is 496. The molecule has 0 aromatic carbocycles. The maximum absolute atomic E-state index is 12.5. The van der Waals surface area contributed by atoms with Gasteiger partial charge in [-0.05, 0) is 75.3 Å². The average molecular weight is 607 g/mol. The molecule has 0 heterocycles. The summed E-state index contributed by atoms with van der Waals surface area (Å²) in [5, 5.41) is 21.5. The Hall–Kier alpha value is -0.0600. The Labute approximate surface area is 227 Å². The zero-order valence-electron chi connectivity index (χ0n) is 24.9. The van der Waals surface area contributed by atoms with Gasteiger partial charge in [0.25, 0.3) is 0 Å². The first-order valence-corrected chi connectivity index (χ1v) is 12.0. The molecule has 2 unspecified atom stereocenters. The van der Waals surface area contributed by atoms with E-state index >= 15 is 0 Å². The van der Waals surface area contributed by atoms with Gasteiger partial charge in [0.1, 0.15) is 0 Å². The molecule has 10 heteroatoms. The summed E-state index contributed by atoms with van der Waals surface area (Å²) in [7, 11) is 3.75. The van der Waals surface area contributed by atoms with Crippen molar-refractivity contribution in [1.82, 2.24) is 5.32 Å². The summed E-state index contributed by atoms with van der Waals surface area (Å²) in [6, 6.07) is 0. The molecule has 0 aliphatic rings. The summed E-state index contributed by atoms with van der Waals surface area (Å²) in [5.41, 5.74) is -5.85. The van der Waals surface area contributed by atoms with Crippen molar-refractivity contribution < 1.29 is 36.6 Å². The number of halogens is 7. The van der Waals surface area contributed by atoms with Gasteiger partial charge < -0.3 is 15.5 Å². The van der Waals surface area contributed by atoms with Gasteiger partial charge in [0, 0.05) is 0 Å². The molecule has 0 amide bonds. The second-order valence-corrected chi connectivity index (χ2v) is 13.3. The van der Waals surface area contributed by atoms with Crippen LogP contribution in [0.5, 0.6) is 0 Å². The third-order valence-electron chi connectivity index (χ3n) is 7.76. The third kappa shape index (κ3) is 14.8. The van der Waals surface area contributed by atoms with Crippen LogP contribution >= 0.6 is 17.0 Å². The van der Waals surface area contributed by atoms with Gasteiger partial charge in [0.2, 0.25) is 0 Å². The minimum atomic E-state index is -4.55.